The Morgan fingerprint density at radius 1 is 0.527 bits per heavy atom. The standard InChI is InChI=1S/C10H11BrN3O.C10H11ClN3O.C9H9BrN3O.C9H9ClN3O.C6H6BrN3O.C6H7N3O.C3H5ClO.CHI3.CH2I2.CH3I/c2*1-5-6(2)14-10(12-5)8(11)4-9(13-14)7(3)15;2*1-5-4-13-9(11-5)7(10)3-8(12-13)6(2)14;1-3(11)5-2-4(7)6(8)10-9-5;1-4(10)5-2-3-6(7)9-8-5;1-3(5)2-4;2-1(3)4;2-1-3;1-2/h2*4,10H,1-3H3;2*3-4,9H,1-2H3;2H,1H3,(H2,8,10);2-3H,1H3,(H2,7,9);2H2,1H3;1H;1H2;1H3/q4*+1;;;;;;. The van der Waals surface area contributed by atoms with Gasteiger partial charge in [0.2, 0.25) is 23.9 Å². The molecule has 8 aliphatic heterocycles. The van der Waals surface area contributed by atoms with Gasteiger partial charge in [-0.3, -0.25) is 33.6 Å². The van der Waals surface area contributed by atoms with E-state index in [1.54, 1.807) is 67.5 Å². The van der Waals surface area contributed by atoms with Gasteiger partial charge in [-0.25, -0.2) is 20.0 Å². The number of anilines is 2. The first kappa shape index (κ1) is 88.2. The molecule has 0 spiro atoms. The molecule has 4 atom stereocenters. The lowest BCUT2D eigenvalue weighted by Crippen LogP contribution is -2.28. The molecule has 0 radical (unpaired) electrons. The SMILES string of the molecule is CC(=O)C1=N[N+]2=C(C)C(C)=NC2C(Br)=C1.CC(=O)C1=N[N+]2=C(C)C(C)=NC2C(Cl)=C1.CC(=O)C1=N[N+]2=CC(C)=NC2C(Br)=C1.CC(=O)C1=N[N+]2=CC(C)=NC2C(Cl)=C1.CC(=O)CCl.CC(=O)c1cc(Br)c(N)nn1.CC(=O)c1ccc(N)nn1.CI.IC(I)I.ICI. The van der Waals surface area contributed by atoms with Gasteiger partial charge in [0.1, 0.15) is 55.8 Å². The zero-order valence-corrected chi connectivity index (χ0v) is 72.2. The van der Waals surface area contributed by atoms with Crippen LogP contribution in [0.1, 0.15) is 111 Å². The minimum atomic E-state index is -0.269. The molecule has 0 bridgehead atoms. The molecule has 0 aliphatic carbocycles. The van der Waals surface area contributed by atoms with Crippen LogP contribution in [-0.4, -0.2) is 187 Å². The van der Waals surface area contributed by atoms with E-state index in [2.05, 4.69) is 244 Å². The number of rotatable bonds is 7. The average molecular weight is 2210 g/mol. The Labute approximate surface area is 660 Å². The zero-order chi connectivity index (χ0) is 71.5. The summed E-state index contributed by atoms with van der Waals surface area (Å²) in [5.74, 6) is 0.266. The highest BCUT2D eigenvalue weighted by Gasteiger charge is 2.40. The number of Topliss-reactive ketones (excluding diaryl/α,β-unsaturated/α-hetero) is 7. The first-order valence-corrected chi connectivity index (χ1v) is 38.9. The zero-order valence-electron chi connectivity index (χ0n) is 52.2. The predicted molar refractivity (Wildman–Crippen MR) is 437 cm³/mol. The highest BCUT2D eigenvalue weighted by Crippen LogP contribution is 2.26. The Bertz CT molecular complexity index is 3600. The monoisotopic (exact) mass is 2200 g/mol. The molecule has 10 heterocycles. The van der Waals surface area contributed by atoms with Crippen molar-refractivity contribution in [3.63, 3.8) is 0 Å². The number of nitrogens with two attached hydrogens (primary N) is 2. The minimum Gasteiger partial charge on any atom is -0.382 e. The number of hydrazone groups is 4. The average Bonchev–Trinajstić information content (AvgIpc) is 1.72. The number of aliphatic imine (C=N–C) groups is 4. The Hall–Kier alpha value is -2.86. The maximum Gasteiger partial charge on any atom is 0.313 e. The molecule has 0 aromatic carbocycles. The smallest absolute Gasteiger partial charge is 0.313 e. The first-order valence-electron chi connectivity index (χ1n) is 26.3. The summed E-state index contributed by atoms with van der Waals surface area (Å²) in [7, 11) is 0. The fourth-order valence-electron chi connectivity index (χ4n) is 6.80. The number of fused-ring (bicyclic) bond motifs is 4. The highest BCUT2D eigenvalue weighted by molar-refractivity contribution is 14.3. The molecule has 8 aliphatic rings. The van der Waals surface area contributed by atoms with Crippen molar-refractivity contribution in [1.29, 1.82) is 0 Å². The van der Waals surface area contributed by atoms with Gasteiger partial charge in [0.05, 0.1) is 21.8 Å². The Morgan fingerprint density at radius 2 is 0.882 bits per heavy atom. The van der Waals surface area contributed by atoms with Crippen LogP contribution in [0.2, 0.25) is 0 Å². The molecule has 4 N–H and O–H groups in total. The molecule has 0 amide bonds. The molecule has 0 fully saturated rings. The van der Waals surface area contributed by atoms with Gasteiger partial charge < -0.3 is 11.5 Å². The molecule has 0 saturated carbocycles. The van der Waals surface area contributed by atoms with Crippen LogP contribution in [-0.2, 0) is 24.0 Å². The number of nitrogen functional groups attached to an aromatic ring is 2. The molecule has 0 saturated heterocycles. The molecule has 2 aromatic heterocycles. The number of ketones is 7. The quantitative estimate of drug-likeness (QED) is 0.113. The van der Waals surface area contributed by atoms with Gasteiger partial charge in [0, 0.05) is 75.8 Å². The second kappa shape index (κ2) is 44.2. The maximum atomic E-state index is 11.3. The largest absolute Gasteiger partial charge is 0.382 e. The summed E-state index contributed by atoms with van der Waals surface area (Å²) in [6.45, 7) is 21.7. The van der Waals surface area contributed by atoms with Crippen molar-refractivity contribution >= 4 is 340 Å². The van der Waals surface area contributed by atoms with Crippen LogP contribution in [0.4, 0.5) is 11.6 Å². The summed E-state index contributed by atoms with van der Waals surface area (Å²) in [6, 6.07) is 4.64. The number of aromatic nitrogens is 4. The van der Waals surface area contributed by atoms with Crippen molar-refractivity contribution < 1.29 is 52.3 Å². The number of carbonyl (C=O) groups is 7. The van der Waals surface area contributed by atoms with E-state index in [4.69, 9.17) is 46.3 Å². The number of hydrogen-bond donors (Lipinski definition) is 2. The van der Waals surface area contributed by atoms with Crippen molar-refractivity contribution in [2.24, 2.45) is 40.4 Å². The fraction of sp³-hybridized carbons (Fsp3) is 0.375. The van der Waals surface area contributed by atoms with Crippen LogP contribution in [0.15, 0.2) is 106 Å². The van der Waals surface area contributed by atoms with Crippen LogP contribution in [0.25, 0.3) is 0 Å². The molecule has 37 heteroatoms. The second-order valence-electron chi connectivity index (χ2n) is 18.7. The maximum absolute atomic E-state index is 11.3. The van der Waals surface area contributed by atoms with E-state index in [0.717, 1.165) is 43.2 Å². The normalized spacial score (nSPS) is 18.5. The van der Waals surface area contributed by atoms with Gasteiger partial charge in [0.25, 0.3) is 0 Å². The molecule has 25 nitrogen and oxygen atoms in total. The Kier molecular flexibility index (Phi) is 41.9. The van der Waals surface area contributed by atoms with Crippen molar-refractivity contribution in [1.82, 2.24) is 20.4 Å². The van der Waals surface area contributed by atoms with Crippen LogP contribution >= 0.6 is 218 Å². The summed E-state index contributed by atoms with van der Waals surface area (Å²) in [5.41, 5.74) is 18.5. The minimum absolute atomic E-state index is 0.0201. The molecule has 500 valence electrons. The summed E-state index contributed by atoms with van der Waals surface area (Å²) >= 11 is 40.6. The van der Waals surface area contributed by atoms with Crippen molar-refractivity contribution in [2.75, 3.05) is 24.7 Å². The van der Waals surface area contributed by atoms with Crippen molar-refractivity contribution in [2.45, 2.75) is 115 Å². The lowest BCUT2D eigenvalue weighted by Gasteiger charge is -2.08. The van der Waals surface area contributed by atoms with Gasteiger partial charge in [0.15, 0.2) is 63.4 Å². The van der Waals surface area contributed by atoms with Crippen molar-refractivity contribution in [3.8, 4) is 0 Å². The predicted octanol–water partition coefficient (Wildman–Crippen LogP) is 12.4. The van der Waals surface area contributed by atoms with E-state index in [1.807, 2.05) is 52.7 Å². The third kappa shape index (κ3) is 30.0. The number of carbonyl (C=O) groups excluding carboxylic acids is 7. The number of halogens is 12. The van der Waals surface area contributed by atoms with E-state index in [9.17, 15) is 33.6 Å². The van der Waals surface area contributed by atoms with Gasteiger partial charge in [-0.1, -0.05) is 177 Å². The number of nitrogens with zero attached hydrogens (tertiary/aromatic N) is 16. The number of allylic oxidation sites excluding steroid dienone is 4. The lowest BCUT2D eigenvalue weighted by atomic mass is 10.2. The molecular weight excluding hydrogens is 2140 g/mol. The molecular formula is C56H64Br3Cl3I6N18O7+4. The second-order valence-corrected chi connectivity index (χ2v) is 37.9. The molecule has 10 rings (SSSR count). The first-order chi connectivity index (χ1) is 43.4. The summed E-state index contributed by atoms with van der Waals surface area (Å²) < 4.78 is 11.0. The molecule has 93 heavy (non-hydrogen) atoms. The Morgan fingerprint density at radius 3 is 1.28 bits per heavy atom. The van der Waals surface area contributed by atoms with Crippen LogP contribution in [0, 0.1) is 0 Å². The topological polar surface area (TPSA) is 334 Å². The summed E-state index contributed by atoms with van der Waals surface area (Å²) in [6.07, 6.45) is 9.44. The number of hydrogen-bond acceptors (Lipinski definition) is 21. The highest BCUT2D eigenvalue weighted by atomic mass is 127. The van der Waals surface area contributed by atoms with Gasteiger partial charge in [-0.2, -0.15) is 0 Å². The van der Waals surface area contributed by atoms with E-state index in [1.165, 1.54) is 50.9 Å². The third-order valence-electron chi connectivity index (χ3n) is 11.4. The molecule has 2 aromatic rings. The van der Waals surface area contributed by atoms with E-state index in [0.29, 0.717) is 54.6 Å². The van der Waals surface area contributed by atoms with Crippen LogP contribution in [0.3, 0.4) is 0 Å². The summed E-state index contributed by atoms with van der Waals surface area (Å²) in [5, 5.41) is 32.0. The van der Waals surface area contributed by atoms with Gasteiger partial charge in [-0.15, -0.1) is 32.0 Å². The number of alkyl halides is 7. The van der Waals surface area contributed by atoms with E-state index < -0.39 is 0 Å². The lowest BCUT2D eigenvalue weighted by molar-refractivity contribution is -0.555. The fourth-order valence-corrected chi connectivity index (χ4v) is 8.64. The van der Waals surface area contributed by atoms with Gasteiger partial charge in [-0.05, 0) is 130 Å². The van der Waals surface area contributed by atoms with Crippen LogP contribution in [0.5, 0.6) is 0 Å². The molecule has 4 unspecified atom stereocenters. The third-order valence-corrected chi connectivity index (χ3v) is 14.3. The van der Waals surface area contributed by atoms with E-state index in [-0.39, 0.29) is 76.8 Å². The summed E-state index contributed by atoms with van der Waals surface area (Å²) in [4.78, 5) is 95.1. The van der Waals surface area contributed by atoms with E-state index >= 15 is 0 Å². The Balaban J connectivity index is 0.000000538. The van der Waals surface area contributed by atoms with Crippen LogP contribution < -0.4 is 11.5 Å². The van der Waals surface area contributed by atoms with Crippen molar-refractivity contribution in [3.05, 3.63) is 77.4 Å². The van der Waals surface area contributed by atoms with Gasteiger partial charge >= 0.3 is 24.7 Å².